The summed E-state index contributed by atoms with van der Waals surface area (Å²) in [6.07, 6.45) is 2.45. The van der Waals surface area contributed by atoms with E-state index in [4.69, 9.17) is 9.47 Å². The number of ether oxygens (including phenoxy) is 2. The van der Waals surface area contributed by atoms with Gasteiger partial charge in [0.2, 0.25) is 0 Å². The molecule has 22 heavy (non-hydrogen) atoms. The number of carbonyl (C=O) groups excluding carboxylic acids is 1. The Morgan fingerprint density at radius 2 is 1.73 bits per heavy atom. The number of rotatable bonds is 1. The Balaban J connectivity index is 0.000000640. The lowest BCUT2D eigenvalue weighted by atomic mass is 9.77. The number of carbonyl (C=O) groups is 1. The summed E-state index contributed by atoms with van der Waals surface area (Å²) in [6.45, 7) is 19.4. The standard InChI is InChI=1S/C12H21NO3.C4H10.C2H6/c1-9-5-13(6-12(9)7-15-8-12)10(14)16-11(2,3)4;1-3-4-2;1-2/h9H,5-8H2,1-4H3;3-4H2,1-2H3;1-2H3. The smallest absolute Gasteiger partial charge is 0.410 e. The van der Waals surface area contributed by atoms with Crippen LogP contribution in [0.4, 0.5) is 4.79 Å². The Kier molecular flexibility index (Phi) is 9.06. The van der Waals surface area contributed by atoms with Gasteiger partial charge in [-0.15, -0.1) is 0 Å². The van der Waals surface area contributed by atoms with E-state index >= 15 is 0 Å². The molecule has 4 heteroatoms. The third-order valence-electron chi connectivity index (χ3n) is 3.98. The van der Waals surface area contributed by atoms with Gasteiger partial charge in [0.05, 0.1) is 13.2 Å². The summed E-state index contributed by atoms with van der Waals surface area (Å²) in [4.78, 5) is 13.7. The summed E-state index contributed by atoms with van der Waals surface area (Å²) in [5.74, 6) is 0.508. The number of likely N-dealkylation sites (tertiary alicyclic amines) is 1. The van der Waals surface area contributed by atoms with Gasteiger partial charge in [-0.1, -0.05) is 47.5 Å². The molecule has 0 bridgehead atoms. The number of hydrogen-bond donors (Lipinski definition) is 0. The van der Waals surface area contributed by atoms with Gasteiger partial charge in [0, 0.05) is 18.5 Å². The Bertz CT molecular complexity index is 317. The predicted molar refractivity (Wildman–Crippen MR) is 92.2 cm³/mol. The quantitative estimate of drug-likeness (QED) is 0.702. The van der Waals surface area contributed by atoms with Crippen molar-refractivity contribution in [3.63, 3.8) is 0 Å². The summed E-state index contributed by atoms with van der Waals surface area (Å²) in [5, 5.41) is 0. The molecule has 1 amide bonds. The lowest BCUT2D eigenvalue weighted by Crippen LogP contribution is -2.48. The molecule has 2 heterocycles. The molecule has 0 aromatic heterocycles. The van der Waals surface area contributed by atoms with E-state index < -0.39 is 5.60 Å². The molecule has 4 nitrogen and oxygen atoms in total. The summed E-state index contributed by atoms with van der Waals surface area (Å²) >= 11 is 0. The van der Waals surface area contributed by atoms with E-state index in [2.05, 4.69) is 20.8 Å². The maximum Gasteiger partial charge on any atom is 0.410 e. The minimum atomic E-state index is -0.411. The lowest BCUT2D eigenvalue weighted by molar-refractivity contribution is -0.124. The van der Waals surface area contributed by atoms with Crippen LogP contribution >= 0.6 is 0 Å². The van der Waals surface area contributed by atoms with Crippen molar-refractivity contribution >= 4 is 6.09 Å². The molecule has 0 saturated carbocycles. The molecule has 1 atom stereocenters. The Morgan fingerprint density at radius 1 is 1.23 bits per heavy atom. The van der Waals surface area contributed by atoms with E-state index in [-0.39, 0.29) is 11.5 Å². The highest BCUT2D eigenvalue weighted by Crippen LogP contribution is 2.42. The van der Waals surface area contributed by atoms with Gasteiger partial charge in [-0.25, -0.2) is 4.79 Å². The van der Waals surface area contributed by atoms with Crippen LogP contribution in [0.5, 0.6) is 0 Å². The van der Waals surface area contributed by atoms with E-state index in [0.29, 0.717) is 5.92 Å². The summed E-state index contributed by atoms with van der Waals surface area (Å²) in [5.41, 5.74) is -0.205. The zero-order chi connectivity index (χ0) is 17.4. The minimum Gasteiger partial charge on any atom is -0.444 e. The number of nitrogens with zero attached hydrogens (tertiary/aromatic N) is 1. The zero-order valence-corrected chi connectivity index (χ0v) is 16.0. The summed E-state index contributed by atoms with van der Waals surface area (Å²) in [6, 6.07) is 0. The van der Waals surface area contributed by atoms with Crippen molar-refractivity contribution < 1.29 is 14.3 Å². The van der Waals surface area contributed by atoms with Crippen LogP contribution < -0.4 is 0 Å². The van der Waals surface area contributed by atoms with Crippen LogP contribution in [0.1, 0.15) is 68.2 Å². The summed E-state index contributed by atoms with van der Waals surface area (Å²) in [7, 11) is 0. The van der Waals surface area contributed by atoms with Crippen LogP contribution in [0.3, 0.4) is 0 Å². The Hall–Kier alpha value is -0.770. The van der Waals surface area contributed by atoms with Crippen LogP contribution in [0.2, 0.25) is 0 Å². The second-order valence-corrected chi connectivity index (χ2v) is 7.12. The van der Waals surface area contributed by atoms with Gasteiger partial charge in [0.25, 0.3) is 0 Å². The number of unbranched alkanes of at least 4 members (excludes halogenated alkanes) is 1. The highest BCUT2D eigenvalue weighted by Gasteiger charge is 2.51. The van der Waals surface area contributed by atoms with Crippen LogP contribution in [-0.2, 0) is 9.47 Å². The van der Waals surface area contributed by atoms with Crippen LogP contribution in [-0.4, -0.2) is 42.9 Å². The van der Waals surface area contributed by atoms with Gasteiger partial charge in [0.15, 0.2) is 0 Å². The topological polar surface area (TPSA) is 38.8 Å². The molecule has 2 saturated heterocycles. The first-order valence-corrected chi connectivity index (χ1v) is 8.79. The minimum absolute atomic E-state index is 0.192. The van der Waals surface area contributed by atoms with Crippen molar-refractivity contribution in [1.82, 2.24) is 4.90 Å². The third kappa shape index (κ3) is 6.15. The largest absolute Gasteiger partial charge is 0.444 e. The van der Waals surface area contributed by atoms with Gasteiger partial charge < -0.3 is 14.4 Å². The van der Waals surface area contributed by atoms with E-state index in [1.807, 2.05) is 39.5 Å². The van der Waals surface area contributed by atoms with Gasteiger partial charge in [-0.3, -0.25) is 0 Å². The highest BCUT2D eigenvalue weighted by atomic mass is 16.6. The number of amides is 1. The molecule has 0 radical (unpaired) electrons. The van der Waals surface area contributed by atoms with Crippen molar-refractivity contribution in [1.29, 1.82) is 0 Å². The van der Waals surface area contributed by atoms with Gasteiger partial charge >= 0.3 is 6.09 Å². The van der Waals surface area contributed by atoms with Gasteiger partial charge in [-0.05, 0) is 26.7 Å². The van der Waals surface area contributed by atoms with Crippen LogP contribution in [0.25, 0.3) is 0 Å². The van der Waals surface area contributed by atoms with Gasteiger partial charge in [-0.2, -0.15) is 0 Å². The van der Waals surface area contributed by atoms with Crippen molar-refractivity contribution in [2.45, 2.75) is 73.8 Å². The highest BCUT2D eigenvalue weighted by molar-refractivity contribution is 5.68. The van der Waals surface area contributed by atoms with Crippen LogP contribution in [0.15, 0.2) is 0 Å². The first kappa shape index (κ1) is 21.2. The molecule has 0 aromatic rings. The zero-order valence-electron chi connectivity index (χ0n) is 16.0. The SMILES string of the molecule is CC.CC1CN(C(=O)OC(C)(C)C)CC12COC2.CCCC. The molecule has 0 N–H and O–H groups in total. The average Bonchev–Trinajstić information content (AvgIpc) is 2.77. The maximum atomic E-state index is 11.9. The molecule has 1 spiro atoms. The lowest BCUT2D eigenvalue weighted by Gasteiger charge is -2.40. The fourth-order valence-corrected chi connectivity index (χ4v) is 2.33. The van der Waals surface area contributed by atoms with Crippen LogP contribution in [0, 0.1) is 11.3 Å². The molecule has 1 unspecified atom stereocenters. The molecule has 2 aliphatic rings. The monoisotopic (exact) mass is 315 g/mol. The number of hydrogen-bond acceptors (Lipinski definition) is 3. The summed E-state index contributed by atoms with van der Waals surface area (Å²) < 4.78 is 10.7. The molecule has 2 fully saturated rings. The first-order chi connectivity index (χ1) is 10.2. The second kappa shape index (κ2) is 9.39. The molecule has 132 valence electrons. The average molecular weight is 315 g/mol. The van der Waals surface area contributed by atoms with Crippen molar-refractivity contribution in [2.75, 3.05) is 26.3 Å². The van der Waals surface area contributed by atoms with E-state index in [1.165, 1.54) is 12.8 Å². The normalized spacial score (nSPS) is 22.0. The fraction of sp³-hybridized carbons (Fsp3) is 0.944. The van der Waals surface area contributed by atoms with Crippen molar-refractivity contribution in [2.24, 2.45) is 11.3 Å². The fourth-order valence-electron chi connectivity index (χ4n) is 2.33. The maximum absolute atomic E-state index is 11.9. The Labute approximate surface area is 137 Å². The molecule has 0 aromatic carbocycles. The van der Waals surface area contributed by atoms with E-state index in [9.17, 15) is 4.79 Å². The molecule has 2 aliphatic heterocycles. The first-order valence-electron chi connectivity index (χ1n) is 8.79. The van der Waals surface area contributed by atoms with E-state index in [0.717, 1.165) is 26.3 Å². The second-order valence-electron chi connectivity index (χ2n) is 7.12. The van der Waals surface area contributed by atoms with Crippen molar-refractivity contribution in [3.8, 4) is 0 Å². The molecular weight excluding hydrogens is 278 g/mol. The third-order valence-corrected chi connectivity index (χ3v) is 3.98. The van der Waals surface area contributed by atoms with E-state index in [1.54, 1.807) is 0 Å². The Morgan fingerprint density at radius 3 is 2.00 bits per heavy atom. The van der Waals surface area contributed by atoms with Gasteiger partial charge in [0.1, 0.15) is 5.60 Å². The van der Waals surface area contributed by atoms with Crippen molar-refractivity contribution in [3.05, 3.63) is 0 Å². The molecule has 0 aliphatic carbocycles. The molecule has 2 rings (SSSR count). The molecular formula is C18H37NO3. The predicted octanol–water partition coefficient (Wildman–Crippen LogP) is 4.72.